The number of aliphatic hydroxyl groups is 1. The molecular formula is C26H18ClN3O7. The van der Waals surface area contributed by atoms with Gasteiger partial charge in [0.15, 0.2) is 5.75 Å². The van der Waals surface area contributed by atoms with Crippen molar-refractivity contribution >= 4 is 40.4 Å². The molecule has 1 aliphatic rings. The van der Waals surface area contributed by atoms with Crippen LogP contribution >= 0.6 is 11.6 Å². The van der Waals surface area contributed by atoms with Crippen LogP contribution in [-0.4, -0.2) is 33.4 Å². The molecule has 1 heterocycles. The van der Waals surface area contributed by atoms with Crippen molar-refractivity contribution in [3.63, 3.8) is 0 Å². The second-order valence-corrected chi connectivity index (χ2v) is 8.32. The second-order valence-electron chi connectivity index (χ2n) is 7.91. The number of benzene rings is 3. The van der Waals surface area contributed by atoms with Gasteiger partial charge in [-0.15, -0.1) is 0 Å². The normalized spacial score (nSPS) is 16.5. The number of anilines is 1. The maximum atomic E-state index is 13.3. The fraction of sp³-hybridized carbons (Fsp3) is 0.115. The number of carbonyl (C=O) groups excluding carboxylic acids is 2. The fourth-order valence-electron chi connectivity index (χ4n) is 4.04. The Morgan fingerprint density at radius 3 is 2.49 bits per heavy atom. The number of Topliss-reactive ketones (excluding diaryl/α,β-unsaturated/α-hetero) is 1. The van der Waals surface area contributed by atoms with E-state index < -0.39 is 39.9 Å². The summed E-state index contributed by atoms with van der Waals surface area (Å²) in [5.41, 5.74) is -0.238. The van der Waals surface area contributed by atoms with Crippen molar-refractivity contribution in [1.29, 1.82) is 5.26 Å². The number of carbonyl (C=O) groups is 2. The van der Waals surface area contributed by atoms with Crippen molar-refractivity contribution < 1.29 is 29.5 Å². The molecular weight excluding hydrogens is 502 g/mol. The topological polar surface area (TPSA) is 154 Å². The van der Waals surface area contributed by atoms with Crippen molar-refractivity contribution in [2.45, 2.75) is 13.0 Å². The van der Waals surface area contributed by atoms with E-state index in [0.717, 1.165) is 17.0 Å². The van der Waals surface area contributed by atoms with Crippen molar-refractivity contribution in [2.75, 3.05) is 11.5 Å². The fourth-order valence-corrected chi connectivity index (χ4v) is 4.21. The predicted octanol–water partition coefficient (Wildman–Crippen LogP) is 4.85. The lowest BCUT2D eigenvalue weighted by Gasteiger charge is -2.25. The molecule has 1 unspecified atom stereocenters. The molecule has 3 aromatic rings. The highest BCUT2D eigenvalue weighted by atomic mass is 35.5. The number of ketones is 1. The van der Waals surface area contributed by atoms with Gasteiger partial charge in [-0.1, -0.05) is 17.7 Å². The van der Waals surface area contributed by atoms with Crippen LogP contribution in [0.3, 0.4) is 0 Å². The van der Waals surface area contributed by atoms with Gasteiger partial charge >= 0.3 is 5.69 Å². The highest BCUT2D eigenvalue weighted by Crippen LogP contribution is 2.44. The van der Waals surface area contributed by atoms with Gasteiger partial charge in [0.2, 0.25) is 0 Å². The molecule has 4 rings (SSSR count). The average molecular weight is 520 g/mol. The summed E-state index contributed by atoms with van der Waals surface area (Å²) in [7, 11) is 0. The number of rotatable bonds is 6. The number of nitro groups is 1. The number of hydrogen-bond acceptors (Lipinski definition) is 8. The van der Waals surface area contributed by atoms with Crippen LogP contribution in [-0.2, 0) is 9.59 Å². The smallest absolute Gasteiger partial charge is 0.311 e. The number of phenols is 1. The first-order valence-electron chi connectivity index (χ1n) is 10.9. The lowest BCUT2D eigenvalue weighted by molar-refractivity contribution is -0.385. The van der Waals surface area contributed by atoms with E-state index >= 15 is 0 Å². The summed E-state index contributed by atoms with van der Waals surface area (Å²) >= 11 is 6.14. The molecule has 0 saturated carbocycles. The maximum Gasteiger partial charge on any atom is 0.311 e. The second kappa shape index (κ2) is 10.0. The largest absolute Gasteiger partial charge is 0.507 e. The van der Waals surface area contributed by atoms with Gasteiger partial charge in [-0.3, -0.25) is 24.6 Å². The van der Waals surface area contributed by atoms with Crippen molar-refractivity contribution in [2.24, 2.45) is 0 Å². The van der Waals surface area contributed by atoms with Crippen molar-refractivity contribution in [3.8, 4) is 17.6 Å². The lowest BCUT2D eigenvalue weighted by atomic mass is 9.94. The zero-order valence-corrected chi connectivity index (χ0v) is 20.0. The summed E-state index contributed by atoms with van der Waals surface area (Å²) < 4.78 is 5.46. The summed E-state index contributed by atoms with van der Waals surface area (Å²) in [5.74, 6) is -2.94. The highest BCUT2D eigenvalue weighted by Gasteiger charge is 2.47. The van der Waals surface area contributed by atoms with Crippen LogP contribution in [0.1, 0.15) is 29.7 Å². The van der Waals surface area contributed by atoms with Crippen LogP contribution in [0, 0.1) is 21.4 Å². The van der Waals surface area contributed by atoms with Gasteiger partial charge in [0.05, 0.1) is 39.8 Å². The standard InChI is InChI=1S/C26H18ClN3O7/c1-2-37-21-12-16(5-9-18(21)27)24(32)22-23(15-6-10-20(31)19(11-15)30(35)36)29(26(34)25(22)33)17-7-3-14(13-28)4-8-17/h3-12,23,31-32H,2H2,1H3/b24-22-. The molecule has 1 amide bonds. The number of nitriles is 1. The third-order valence-corrected chi connectivity index (χ3v) is 6.05. The Hall–Kier alpha value is -4.88. The number of hydrogen-bond donors (Lipinski definition) is 2. The zero-order valence-electron chi connectivity index (χ0n) is 19.2. The molecule has 2 N–H and O–H groups in total. The predicted molar refractivity (Wildman–Crippen MR) is 133 cm³/mol. The molecule has 0 spiro atoms. The minimum atomic E-state index is -1.29. The monoisotopic (exact) mass is 519 g/mol. The van der Waals surface area contributed by atoms with E-state index in [-0.39, 0.29) is 39.8 Å². The van der Waals surface area contributed by atoms with Gasteiger partial charge in [0, 0.05) is 17.3 Å². The molecule has 0 aromatic heterocycles. The van der Waals surface area contributed by atoms with Crippen molar-refractivity contribution in [1.82, 2.24) is 0 Å². The van der Waals surface area contributed by atoms with Crippen LogP contribution in [0.5, 0.6) is 11.5 Å². The number of amides is 1. The summed E-state index contributed by atoms with van der Waals surface area (Å²) in [6.07, 6.45) is 0. The molecule has 1 atom stereocenters. The third-order valence-electron chi connectivity index (χ3n) is 5.74. The molecule has 11 heteroatoms. The number of halogens is 1. The van der Waals surface area contributed by atoms with Gasteiger partial charge < -0.3 is 14.9 Å². The Balaban J connectivity index is 1.97. The minimum absolute atomic E-state index is 0.0913. The van der Waals surface area contributed by atoms with Gasteiger partial charge in [-0.2, -0.15) is 5.26 Å². The molecule has 0 bridgehead atoms. The Morgan fingerprint density at radius 2 is 1.86 bits per heavy atom. The Bertz CT molecular complexity index is 1510. The molecule has 0 aliphatic carbocycles. The maximum absolute atomic E-state index is 13.3. The Kier molecular flexibility index (Phi) is 6.82. The summed E-state index contributed by atoms with van der Waals surface area (Å²) in [6.45, 7) is 2.02. The van der Waals surface area contributed by atoms with Crippen LogP contribution in [0.4, 0.5) is 11.4 Å². The van der Waals surface area contributed by atoms with Crippen LogP contribution < -0.4 is 9.64 Å². The molecule has 1 aliphatic heterocycles. The zero-order chi connectivity index (χ0) is 26.9. The SMILES string of the molecule is CCOc1cc(/C(O)=C2/C(=O)C(=O)N(c3ccc(C#N)cc3)C2c2ccc(O)c([N+](=O)[O-])c2)ccc1Cl. The van der Waals surface area contributed by atoms with E-state index in [1.165, 1.54) is 48.5 Å². The lowest BCUT2D eigenvalue weighted by Crippen LogP contribution is -2.29. The van der Waals surface area contributed by atoms with Crippen molar-refractivity contribution in [3.05, 3.63) is 98.1 Å². The average Bonchev–Trinajstić information content (AvgIpc) is 3.15. The highest BCUT2D eigenvalue weighted by molar-refractivity contribution is 6.51. The summed E-state index contributed by atoms with van der Waals surface area (Å²) in [4.78, 5) is 38.3. The number of ether oxygens (including phenoxy) is 1. The van der Waals surface area contributed by atoms with Gasteiger partial charge in [0.25, 0.3) is 11.7 Å². The van der Waals surface area contributed by atoms with E-state index in [1.807, 2.05) is 6.07 Å². The molecule has 186 valence electrons. The molecule has 0 radical (unpaired) electrons. The van der Waals surface area contributed by atoms with E-state index in [0.29, 0.717) is 5.56 Å². The van der Waals surface area contributed by atoms with E-state index in [4.69, 9.17) is 21.6 Å². The first-order chi connectivity index (χ1) is 17.7. The van der Waals surface area contributed by atoms with Crippen LogP contribution in [0.25, 0.3) is 5.76 Å². The first-order valence-corrected chi connectivity index (χ1v) is 11.3. The summed E-state index contributed by atoms with van der Waals surface area (Å²) in [6, 6.07) is 14.2. The van der Waals surface area contributed by atoms with Gasteiger partial charge in [-0.25, -0.2) is 0 Å². The Morgan fingerprint density at radius 1 is 1.16 bits per heavy atom. The number of phenolic OH excluding ortho intramolecular Hbond substituents is 1. The van der Waals surface area contributed by atoms with Gasteiger partial charge in [-0.05, 0) is 61.0 Å². The molecule has 10 nitrogen and oxygen atoms in total. The molecule has 1 fully saturated rings. The first kappa shape index (κ1) is 25.2. The van der Waals surface area contributed by atoms with E-state index in [9.17, 15) is 29.9 Å². The van der Waals surface area contributed by atoms with E-state index in [2.05, 4.69) is 0 Å². The molecule has 37 heavy (non-hydrogen) atoms. The number of aliphatic hydroxyl groups excluding tert-OH is 1. The third kappa shape index (κ3) is 4.55. The summed E-state index contributed by atoms with van der Waals surface area (Å²) in [5, 5.41) is 42.1. The Labute approximate surface area is 215 Å². The van der Waals surface area contributed by atoms with Crippen LogP contribution in [0.2, 0.25) is 5.02 Å². The van der Waals surface area contributed by atoms with Gasteiger partial charge in [0.1, 0.15) is 11.5 Å². The number of nitrogens with zero attached hydrogens (tertiary/aromatic N) is 3. The molecule has 1 saturated heterocycles. The quantitative estimate of drug-likeness (QED) is 0.154. The van der Waals surface area contributed by atoms with Crippen LogP contribution in [0.15, 0.2) is 66.2 Å². The van der Waals surface area contributed by atoms with E-state index in [1.54, 1.807) is 6.92 Å². The molecule has 3 aromatic carbocycles. The number of aromatic hydroxyl groups is 1. The number of nitro benzene ring substituents is 1. The minimum Gasteiger partial charge on any atom is -0.507 e.